The van der Waals surface area contributed by atoms with Gasteiger partial charge in [0.25, 0.3) is 5.91 Å². The average molecular weight is 551 g/mol. The van der Waals surface area contributed by atoms with E-state index in [0.29, 0.717) is 53.2 Å². The normalized spacial score (nSPS) is 19.5. The van der Waals surface area contributed by atoms with Crippen LogP contribution in [-0.4, -0.2) is 59.3 Å². The van der Waals surface area contributed by atoms with Gasteiger partial charge in [-0.25, -0.2) is 9.78 Å². The molecule has 194 valence electrons. The van der Waals surface area contributed by atoms with E-state index < -0.39 is 6.36 Å². The van der Waals surface area contributed by atoms with Crippen LogP contribution >= 0.6 is 22.9 Å². The van der Waals surface area contributed by atoms with E-state index in [4.69, 9.17) is 11.6 Å². The second kappa shape index (κ2) is 9.86. The number of nitrogens with zero attached hydrogens (tertiary/aromatic N) is 3. The van der Waals surface area contributed by atoms with Gasteiger partial charge in [-0.3, -0.25) is 4.79 Å². The molecule has 5 rings (SSSR count). The summed E-state index contributed by atoms with van der Waals surface area (Å²) >= 11 is 7.15. The molecule has 37 heavy (non-hydrogen) atoms. The van der Waals surface area contributed by atoms with E-state index in [1.54, 1.807) is 39.4 Å². The lowest BCUT2D eigenvalue weighted by Gasteiger charge is -2.24. The third kappa shape index (κ3) is 5.83. The van der Waals surface area contributed by atoms with Crippen LogP contribution in [0.1, 0.15) is 23.3 Å². The number of carbonyl (C=O) groups is 2. The molecule has 3 aromatic rings. The Labute approximate surface area is 219 Å². The van der Waals surface area contributed by atoms with E-state index in [9.17, 15) is 22.8 Å². The molecule has 2 aromatic carbocycles. The lowest BCUT2D eigenvalue weighted by Crippen LogP contribution is -2.37. The fraction of sp³-hybridized carbons (Fsp3) is 0.320. The predicted octanol–water partition coefficient (Wildman–Crippen LogP) is 6.13. The highest BCUT2D eigenvalue weighted by atomic mass is 35.5. The lowest BCUT2D eigenvalue weighted by molar-refractivity contribution is -0.274. The Kier molecular flexibility index (Phi) is 6.76. The molecule has 3 heterocycles. The van der Waals surface area contributed by atoms with E-state index in [0.717, 1.165) is 12.8 Å². The van der Waals surface area contributed by atoms with Crippen molar-refractivity contribution >= 4 is 40.6 Å². The molecule has 1 unspecified atom stereocenters. The summed E-state index contributed by atoms with van der Waals surface area (Å²) in [6, 6.07) is 12.1. The van der Waals surface area contributed by atoms with E-state index in [1.165, 1.54) is 35.6 Å². The van der Waals surface area contributed by atoms with Gasteiger partial charge in [0.15, 0.2) is 0 Å². The predicted molar refractivity (Wildman–Crippen MR) is 134 cm³/mol. The number of aromatic nitrogens is 1. The van der Waals surface area contributed by atoms with Crippen molar-refractivity contribution < 1.29 is 27.5 Å². The van der Waals surface area contributed by atoms with Crippen LogP contribution in [0, 0.1) is 5.41 Å². The number of amides is 3. The molecular formula is C25H22ClF3N4O3S. The van der Waals surface area contributed by atoms with Crippen molar-refractivity contribution in [2.45, 2.75) is 19.2 Å². The maximum atomic E-state index is 13.1. The van der Waals surface area contributed by atoms with Crippen LogP contribution in [0.4, 0.5) is 23.7 Å². The van der Waals surface area contributed by atoms with Gasteiger partial charge in [-0.15, -0.1) is 24.5 Å². The molecule has 3 amide bonds. The zero-order valence-corrected chi connectivity index (χ0v) is 21.0. The maximum Gasteiger partial charge on any atom is 0.573 e. The lowest BCUT2D eigenvalue weighted by atomic mass is 9.86. The summed E-state index contributed by atoms with van der Waals surface area (Å²) in [7, 11) is 0. The Balaban J connectivity index is 1.18. The summed E-state index contributed by atoms with van der Waals surface area (Å²) < 4.78 is 41.0. The Morgan fingerprint density at radius 1 is 1.00 bits per heavy atom. The van der Waals surface area contributed by atoms with Crippen LogP contribution in [0.15, 0.2) is 53.9 Å². The van der Waals surface area contributed by atoms with E-state index in [-0.39, 0.29) is 23.1 Å². The molecule has 0 radical (unpaired) electrons. The molecule has 0 saturated carbocycles. The number of carbonyl (C=O) groups excluding carboxylic acids is 2. The molecular weight excluding hydrogens is 529 g/mol. The Bertz CT molecular complexity index is 1300. The number of benzene rings is 2. The summed E-state index contributed by atoms with van der Waals surface area (Å²) in [5, 5.41) is 5.66. The summed E-state index contributed by atoms with van der Waals surface area (Å²) in [4.78, 5) is 33.8. The molecule has 0 aliphatic carbocycles. The highest BCUT2D eigenvalue weighted by molar-refractivity contribution is 7.13. The second-order valence-corrected chi connectivity index (χ2v) is 10.5. The first-order valence-electron chi connectivity index (χ1n) is 11.5. The molecule has 12 heteroatoms. The summed E-state index contributed by atoms with van der Waals surface area (Å²) in [5.74, 6) is -0.514. The number of thiazole rings is 1. The van der Waals surface area contributed by atoms with Crippen LogP contribution in [-0.2, 0) is 0 Å². The number of hydrogen-bond acceptors (Lipinski definition) is 5. The van der Waals surface area contributed by atoms with Crippen molar-refractivity contribution in [3.63, 3.8) is 0 Å². The van der Waals surface area contributed by atoms with Crippen molar-refractivity contribution in [3.8, 4) is 16.3 Å². The standard InChI is InChI=1S/C25H22ClF3N4O3S/c26-17-3-5-18(6-4-17)30-23(35)33-12-10-24(15-33)9-11-32(14-24)22(34)20-13-37-21(31-20)16-1-7-19(8-2-16)36-25(27,28)29/h1-8,13H,9-12,14-15H2,(H,30,35). The molecule has 0 bridgehead atoms. The summed E-state index contributed by atoms with van der Waals surface area (Å²) in [6.07, 6.45) is -3.16. The Hall–Kier alpha value is -3.31. The van der Waals surface area contributed by atoms with Crippen LogP contribution in [0.2, 0.25) is 5.02 Å². The molecule has 1 atom stereocenters. The average Bonchev–Trinajstić information content (AvgIpc) is 3.60. The first kappa shape index (κ1) is 25.3. The second-order valence-electron chi connectivity index (χ2n) is 9.20. The fourth-order valence-electron chi connectivity index (χ4n) is 4.75. The van der Waals surface area contributed by atoms with Gasteiger partial charge in [-0.1, -0.05) is 11.6 Å². The zero-order chi connectivity index (χ0) is 26.2. The van der Waals surface area contributed by atoms with E-state index in [2.05, 4.69) is 15.0 Å². The minimum Gasteiger partial charge on any atom is -0.406 e. The molecule has 2 aliphatic heterocycles. The van der Waals surface area contributed by atoms with Gasteiger partial charge >= 0.3 is 12.4 Å². The first-order valence-corrected chi connectivity index (χ1v) is 12.8. The number of halogens is 4. The van der Waals surface area contributed by atoms with Crippen molar-refractivity contribution in [3.05, 3.63) is 64.6 Å². The van der Waals surface area contributed by atoms with Gasteiger partial charge in [-0.05, 0) is 61.4 Å². The number of alkyl halides is 3. The van der Waals surface area contributed by atoms with Crippen molar-refractivity contribution in [1.29, 1.82) is 0 Å². The third-order valence-electron chi connectivity index (χ3n) is 6.60. The van der Waals surface area contributed by atoms with Gasteiger partial charge in [0.1, 0.15) is 16.5 Å². The molecule has 2 aliphatic rings. The number of rotatable bonds is 4. The molecule has 1 spiro atoms. The number of urea groups is 1. The topological polar surface area (TPSA) is 74.8 Å². The summed E-state index contributed by atoms with van der Waals surface area (Å²) in [5.41, 5.74) is 1.40. The van der Waals surface area contributed by atoms with Gasteiger partial charge < -0.3 is 19.9 Å². The minimum absolute atomic E-state index is 0.153. The van der Waals surface area contributed by atoms with Crippen LogP contribution in [0.5, 0.6) is 5.75 Å². The summed E-state index contributed by atoms with van der Waals surface area (Å²) in [6.45, 7) is 2.27. The molecule has 1 N–H and O–H groups in total. The number of anilines is 1. The van der Waals surface area contributed by atoms with Gasteiger partial charge in [0, 0.05) is 53.2 Å². The maximum absolute atomic E-state index is 13.1. The van der Waals surface area contributed by atoms with Crippen LogP contribution in [0.25, 0.3) is 10.6 Å². The highest BCUT2D eigenvalue weighted by Gasteiger charge is 2.46. The SMILES string of the molecule is O=C(Nc1ccc(Cl)cc1)N1CCC2(CCN(C(=O)c3csc(-c4ccc(OC(F)(F)F)cc4)n3)C2)C1. The van der Waals surface area contributed by atoms with E-state index >= 15 is 0 Å². The quantitative estimate of drug-likeness (QED) is 0.424. The minimum atomic E-state index is -4.76. The molecule has 2 saturated heterocycles. The Morgan fingerprint density at radius 3 is 2.32 bits per heavy atom. The van der Waals surface area contributed by atoms with Gasteiger partial charge in [-0.2, -0.15) is 0 Å². The first-order chi connectivity index (χ1) is 17.6. The fourth-order valence-corrected chi connectivity index (χ4v) is 5.68. The third-order valence-corrected chi connectivity index (χ3v) is 7.75. The monoisotopic (exact) mass is 550 g/mol. The van der Waals surface area contributed by atoms with Crippen LogP contribution < -0.4 is 10.1 Å². The van der Waals surface area contributed by atoms with Crippen molar-refractivity contribution in [2.24, 2.45) is 5.41 Å². The molecule has 7 nitrogen and oxygen atoms in total. The van der Waals surface area contributed by atoms with Gasteiger partial charge in [0.05, 0.1) is 0 Å². The zero-order valence-electron chi connectivity index (χ0n) is 19.4. The van der Waals surface area contributed by atoms with Crippen LogP contribution in [0.3, 0.4) is 0 Å². The number of hydrogen-bond donors (Lipinski definition) is 1. The van der Waals surface area contributed by atoms with E-state index in [1.807, 2.05) is 0 Å². The molecule has 2 fully saturated rings. The largest absolute Gasteiger partial charge is 0.573 e. The van der Waals surface area contributed by atoms with Crippen molar-refractivity contribution in [2.75, 3.05) is 31.5 Å². The van der Waals surface area contributed by atoms with Crippen molar-refractivity contribution in [1.82, 2.24) is 14.8 Å². The smallest absolute Gasteiger partial charge is 0.406 e. The molecule has 1 aromatic heterocycles. The number of nitrogens with one attached hydrogen (secondary N) is 1. The number of ether oxygens (including phenoxy) is 1. The Morgan fingerprint density at radius 2 is 1.65 bits per heavy atom. The number of likely N-dealkylation sites (tertiary alicyclic amines) is 2. The van der Waals surface area contributed by atoms with Gasteiger partial charge in [0.2, 0.25) is 0 Å². The highest BCUT2D eigenvalue weighted by Crippen LogP contribution is 2.40.